The van der Waals surface area contributed by atoms with E-state index in [9.17, 15) is 4.39 Å². The molecule has 1 aliphatic rings. The molecule has 0 atom stereocenters. The average Bonchev–Trinajstić information content (AvgIpc) is 3.34. The van der Waals surface area contributed by atoms with Gasteiger partial charge in [0.2, 0.25) is 0 Å². The van der Waals surface area contributed by atoms with Gasteiger partial charge in [0, 0.05) is 43.6 Å². The quantitative estimate of drug-likeness (QED) is 0.657. The Morgan fingerprint density at radius 3 is 2.64 bits per heavy atom. The van der Waals surface area contributed by atoms with Gasteiger partial charge in [-0.25, -0.2) is 9.37 Å². The summed E-state index contributed by atoms with van der Waals surface area (Å²) in [6.07, 6.45) is 7.67. The van der Waals surface area contributed by atoms with Crippen molar-refractivity contribution in [3.8, 4) is 5.69 Å². The van der Waals surface area contributed by atoms with Gasteiger partial charge >= 0.3 is 0 Å². The van der Waals surface area contributed by atoms with Crippen LogP contribution in [-0.4, -0.2) is 57.1 Å². The average molecular weight is 383 g/mol. The van der Waals surface area contributed by atoms with E-state index in [0.29, 0.717) is 6.54 Å². The molecule has 1 aromatic carbocycles. The second kappa shape index (κ2) is 7.85. The predicted octanol–water partition coefficient (Wildman–Crippen LogP) is 2.87. The van der Waals surface area contributed by atoms with Crippen LogP contribution in [0.25, 0.3) is 5.69 Å². The van der Waals surface area contributed by atoms with E-state index in [1.807, 2.05) is 29.5 Å². The van der Waals surface area contributed by atoms with Gasteiger partial charge in [-0.1, -0.05) is 26.0 Å². The monoisotopic (exact) mass is 383 g/mol. The predicted molar refractivity (Wildman–Crippen MR) is 105 cm³/mol. The van der Waals surface area contributed by atoms with Gasteiger partial charge in [0.05, 0.1) is 31.6 Å². The fourth-order valence-corrected chi connectivity index (χ4v) is 3.74. The Labute approximate surface area is 164 Å². The molecule has 3 heterocycles. The Morgan fingerprint density at radius 1 is 1.14 bits per heavy atom. The highest BCUT2D eigenvalue weighted by atomic mass is 19.1. The molecule has 1 saturated heterocycles. The summed E-state index contributed by atoms with van der Waals surface area (Å²) < 4.78 is 22.5. The van der Waals surface area contributed by atoms with E-state index in [0.717, 1.165) is 49.9 Å². The number of halogens is 1. The van der Waals surface area contributed by atoms with Crippen LogP contribution in [0.15, 0.2) is 49.1 Å². The van der Waals surface area contributed by atoms with Crippen molar-refractivity contribution < 1.29 is 9.13 Å². The van der Waals surface area contributed by atoms with E-state index in [-0.39, 0.29) is 11.2 Å². The summed E-state index contributed by atoms with van der Waals surface area (Å²) in [5.74, 6) is 0.788. The normalized spacial score (nSPS) is 15.8. The number of morpholine rings is 1. The first-order chi connectivity index (χ1) is 13.5. The molecule has 6 nitrogen and oxygen atoms in total. The Bertz CT molecular complexity index is 909. The van der Waals surface area contributed by atoms with Crippen molar-refractivity contribution in [2.75, 3.05) is 32.8 Å². The van der Waals surface area contributed by atoms with Gasteiger partial charge in [0.15, 0.2) is 0 Å². The molecule has 0 saturated carbocycles. The summed E-state index contributed by atoms with van der Waals surface area (Å²) >= 11 is 0. The van der Waals surface area contributed by atoms with Gasteiger partial charge in [-0.05, 0) is 17.7 Å². The number of hydrogen-bond acceptors (Lipinski definition) is 4. The number of rotatable bonds is 6. The molecular weight excluding hydrogens is 357 g/mol. The van der Waals surface area contributed by atoms with Crippen molar-refractivity contribution in [3.63, 3.8) is 0 Å². The standard InChI is InChI=1S/C21H26FN5O/c1-21(2,16-25-9-11-28-12-10-25)20-23-7-8-27(20)19-13-24-26(15-19)14-17-3-5-18(22)6-4-17/h3-8,13,15H,9-12,14,16H2,1-2H3. The highest BCUT2D eigenvalue weighted by Gasteiger charge is 2.29. The third kappa shape index (κ3) is 4.15. The summed E-state index contributed by atoms with van der Waals surface area (Å²) in [4.78, 5) is 7.09. The van der Waals surface area contributed by atoms with Crippen LogP contribution in [0.4, 0.5) is 4.39 Å². The smallest absolute Gasteiger partial charge is 0.123 e. The van der Waals surface area contributed by atoms with Gasteiger partial charge in [0.1, 0.15) is 11.6 Å². The van der Waals surface area contributed by atoms with Crippen molar-refractivity contribution in [3.05, 3.63) is 66.3 Å². The maximum atomic E-state index is 13.1. The molecule has 1 aliphatic heterocycles. The molecule has 0 radical (unpaired) electrons. The molecule has 0 aliphatic carbocycles. The van der Waals surface area contributed by atoms with E-state index in [4.69, 9.17) is 4.74 Å². The van der Waals surface area contributed by atoms with Gasteiger partial charge < -0.3 is 9.30 Å². The SMILES string of the molecule is CC(C)(CN1CCOCC1)c1nccn1-c1cnn(Cc2ccc(F)cc2)c1. The molecule has 4 rings (SSSR count). The summed E-state index contributed by atoms with van der Waals surface area (Å²) in [5.41, 5.74) is 1.87. The third-order valence-electron chi connectivity index (χ3n) is 5.12. The molecule has 28 heavy (non-hydrogen) atoms. The van der Waals surface area contributed by atoms with Crippen molar-refractivity contribution in [2.45, 2.75) is 25.8 Å². The zero-order valence-corrected chi connectivity index (χ0v) is 16.4. The minimum absolute atomic E-state index is 0.111. The van der Waals surface area contributed by atoms with Crippen molar-refractivity contribution in [1.29, 1.82) is 0 Å². The zero-order chi connectivity index (χ0) is 19.6. The number of ether oxygens (including phenoxy) is 1. The number of hydrogen-bond donors (Lipinski definition) is 0. The lowest BCUT2D eigenvalue weighted by Gasteiger charge is -2.34. The highest BCUT2D eigenvalue weighted by molar-refractivity contribution is 5.30. The minimum atomic E-state index is -0.226. The van der Waals surface area contributed by atoms with E-state index < -0.39 is 0 Å². The second-order valence-electron chi connectivity index (χ2n) is 7.92. The summed E-state index contributed by atoms with van der Waals surface area (Å²) in [6, 6.07) is 6.51. The van der Waals surface area contributed by atoms with E-state index in [2.05, 4.69) is 33.4 Å². The fraction of sp³-hybridized carbons (Fsp3) is 0.429. The van der Waals surface area contributed by atoms with Gasteiger partial charge in [-0.15, -0.1) is 0 Å². The second-order valence-corrected chi connectivity index (χ2v) is 7.92. The molecule has 0 unspecified atom stereocenters. The maximum Gasteiger partial charge on any atom is 0.123 e. The van der Waals surface area contributed by atoms with Crippen LogP contribution in [-0.2, 0) is 16.7 Å². The minimum Gasteiger partial charge on any atom is -0.379 e. The number of benzene rings is 1. The zero-order valence-electron chi connectivity index (χ0n) is 16.4. The van der Waals surface area contributed by atoms with Crippen LogP contribution in [0.5, 0.6) is 0 Å². The van der Waals surface area contributed by atoms with Crippen molar-refractivity contribution in [1.82, 2.24) is 24.2 Å². The lowest BCUT2D eigenvalue weighted by Crippen LogP contribution is -2.44. The Balaban J connectivity index is 1.52. The summed E-state index contributed by atoms with van der Waals surface area (Å²) in [5, 5.41) is 4.48. The largest absolute Gasteiger partial charge is 0.379 e. The first kappa shape index (κ1) is 18.8. The maximum absolute atomic E-state index is 13.1. The van der Waals surface area contributed by atoms with Crippen molar-refractivity contribution in [2.24, 2.45) is 0 Å². The van der Waals surface area contributed by atoms with Gasteiger partial charge in [-0.2, -0.15) is 5.10 Å². The van der Waals surface area contributed by atoms with Gasteiger partial charge in [0.25, 0.3) is 0 Å². The molecular formula is C21H26FN5O. The Morgan fingerprint density at radius 2 is 1.89 bits per heavy atom. The highest BCUT2D eigenvalue weighted by Crippen LogP contribution is 2.26. The van der Waals surface area contributed by atoms with Gasteiger partial charge in [-0.3, -0.25) is 9.58 Å². The summed E-state index contributed by atoms with van der Waals surface area (Å²) in [6.45, 7) is 9.48. The molecule has 0 spiro atoms. The topological polar surface area (TPSA) is 48.1 Å². The van der Waals surface area contributed by atoms with E-state index in [1.165, 1.54) is 12.1 Å². The summed E-state index contributed by atoms with van der Waals surface area (Å²) in [7, 11) is 0. The molecule has 148 valence electrons. The van der Waals surface area contributed by atoms with Crippen LogP contribution < -0.4 is 0 Å². The van der Waals surface area contributed by atoms with Crippen LogP contribution in [0.3, 0.4) is 0 Å². The molecule has 0 N–H and O–H groups in total. The first-order valence-corrected chi connectivity index (χ1v) is 9.62. The van der Waals surface area contributed by atoms with Crippen molar-refractivity contribution >= 4 is 0 Å². The molecule has 1 fully saturated rings. The number of nitrogens with zero attached hydrogens (tertiary/aromatic N) is 5. The molecule has 7 heteroatoms. The fourth-order valence-electron chi connectivity index (χ4n) is 3.74. The number of aromatic nitrogens is 4. The van der Waals surface area contributed by atoms with Crippen LogP contribution in [0, 0.1) is 5.82 Å². The first-order valence-electron chi connectivity index (χ1n) is 9.62. The number of imidazole rings is 1. The molecule has 0 amide bonds. The molecule has 0 bridgehead atoms. The molecule has 2 aromatic heterocycles. The van der Waals surface area contributed by atoms with Crippen LogP contribution in [0.1, 0.15) is 25.2 Å². The molecule has 3 aromatic rings. The Kier molecular flexibility index (Phi) is 5.28. The Hall–Kier alpha value is -2.51. The van der Waals surface area contributed by atoms with Crippen LogP contribution in [0.2, 0.25) is 0 Å². The van der Waals surface area contributed by atoms with Crippen LogP contribution >= 0.6 is 0 Å². The van der Waals surface area contributed by atoms with E-state index in [1.54, 1.807) is 12.1 Å². The lowest BCUT2D eigenvalue weighted by molar-refractivity contribution is 0.0288. The van der Waals surface area contributed by atoms with E-state index >= 15 is 0 Å². The lowest BCUT2D eigenvalue weighted by atomic mass is 9.91. The third-order valence-corrected chi connectivity index (χ3v) is 5.12.